The van der Waals surface area contributed by atoms with E-state index in [2.05, 4.69) is 4.99 Å². The summed E-state index contributed by atoms with van der Waals surface area (Å²) in [4.78, 5) is 14.3. The summed E-state index contributed by atoms with van der Waals surface area (Å²) in [5.41, 5.74) is -1.36. The van der Waals surface area contributed by atoms with Crippen LogP contribution < -0.4 is 0 Å². The van der Waals surface area contributed by atoms with Gasteiger partial charge in [-0.05, 0) is 0 Å². The number of nitrogens with zero attached hydrogens (tertiary/aromatic N) is 1. The molecule has 2 nitrogen and oxygen atoms in total. The number of hydrogen-bond donors (Lipinski definition) is 0. The molecule has 0 N–H and O–H groups in total. The Labute approximate surface area is 90.0 Å². The van der Waals surface area contributed by atoms with Crippen molar-refractivity contribution >= 4 is 46.2 Å². The van der Waals surface area contributed by atoms with Gasteiger partial charge < -0.3 is 0 Å². The van der Waals surface area contributed by atoms with Crippen molar-refractivity contribution < 1.29 is 18.0 Å². The Morgan fingerprint density at radius 2 is 2.08 bits per heavy atom. The highest BCUT2D eigenvalue weighted by atomic mass is 127. The first-order chi connectivity index (χ1) is 5.84. The van der Waals surface area contributed by atoms with Crippen molar-refractivity contribution in [1.29, 1.82) is 0 Å². The minimum atomic E-state index is -4.73. The largest absolute Gasteiger partial charge is 0.422 e. The average Bonchev–Trinajstić information content (AvgIpc) is 1.95. The third-order valence-electron chi connectivity index (χ3n) is 1.31. The second-order valence-corrected chi connectivity index (χ2v) is 3.91. The van der Waals surface area contributed by atoms with Gasteiger partial charge in [0.2, 0.25) is 0 Å². The van der Waals surface area contributed by atoms with Crippen LogP contribution >= 0.6 is 34.2 Å². The molecule has 0 aromatic carbocycles. The molecule has 0 aliphatic carbocycles. The van der Waals surface area contributed by atoms with Gasteiger partial charge in [0.1, 0.15) is 14.7 Å². The normalized spacial score (nSPS) is 24.1. The molecule has 0 aromatic rings. The second kappa shape index (κ2) is 3.56. The number of halogens is 5. The molecular weight excluding hydrogens is 321 g/mol. The van der Waals surface area contributed by atoms with Crippen LogP contribution in [0.1, 0.15) is 0 Å². The van der Waals surface area contributed by atoms with Crippen LogP contribution in [0.5, 0.6) is 0 Å². The summed E-state index contributed by atoms with van der Waals surface area (Å²) in [5.74, 6) is -1.05. The first kappa shape index (κ1) is 11.0. The van der Waals surface area contributed by atoms with E-state index in [1.807, 2.05) is 0 Å². The van der Waals surface area contributed by atoms with Crippen LogP contribution in [-0.4, -0.2) is 22.1 Å². The molecule has 0 spiro atoms. The van der Waals surface area contributed by atoms with Crippen LogP contribution in [0.2, 0.25) is 0 Å². The summed E-state index contributed by atoms with van der Waals surface area (Å²) in [6.07, 6.45) is -3.64. The maximum atomic E-state index is 12.2. The molecule has 1 rings (SSSR count). The summed E-state index contributed by atoms with van der Waals surface area (Å²) >= 11 is 6.72. The average molecular weight is 323 g/mol. The van der Waals surface area contributed by atoms with Crippen LogP contribution in [0.25, 0.3) is 0 Å². The van der Waals surface area contributed by atoms with E-state index < -0.39 is 26.6 Å². The van der Waals surface area contributed by atoms with E-state index in [4.69, 9.17) is 11.6 Å². The van der Waals surface area contributed by atoms with Gasteiger partial charge in [-0.15, -0.1) is 0 Å². The number of ketones is 1. The lowest BCUT2D eigenvalue weighted by Gasteiger charge is -2.15. The zero-order valence-corrected chi connectivity index (χ0v) is 8.81. The van der Waals surface area contributed by atoms with Gasteiger partial charge in [0.25, 0.3) is 0 Å². The van der Waals surface area contributed by atoms with Crippen LogP contribution in [0, 0.1) is 0 Å². The van der Waals surface area contributed by atoms with Gasteiger partial charge in [-0.2, -0.15) is 13.2 Å². The van der Waals surface area contributed by atoms with E-state index in [0.29, 0.717) is 0 Å². The molecule has 1 atom stereocenters. The summed E-state index contributed by atoms with van der Waals surface area (Å²) in [7, 11) is 0. The molecule has 1 aliphatic rings. The van der Waals surface area contributed by atoms with E-state index >= 15 is 0 Å². The number of alkyl halides is 4. The molecule has 1 aliphatic heterocycles. The van der Waals surface area contributed by atoms with Crippen molar-refractivity contribution in [3.05, 3.63) is 10.7 Å². The fourth-order valence-corrected chi connectivity index (χ4v) is 1.49. The highest BCUT2D eigenvalue weighted by Gasteiger charge is 2.44. The fraction of sp³-hybridized carbons (Fsp3) is 0.333. The maximum Gasteiger partial charge on any atom is 0.422 e. The number of hydrogen-bond acceptors (Lipinski definition) is 2. The van der Waals surface area contributed by atoms with E-state index in [9.17, 15) is 18.0 Å². The molecule has 0 bridgehead atoms. The van der Waals surface area contributed by atoms with E-state index in [1.54, 1.807) is 22.6 Å². The standard InChI is InChI=1S/C6H2ClF3INO/c7-5-3(6(8,9)10)4(13)2(11)1-12-5/h1-2H/t2-/m0/s1. The van der Waals surface area contributed by atoms with Gasteiger partial charge in [-0.25, -0.2) is 4.99 Å². The second-order valence-electron chi connectivity index (χ2n) is 2.21. The Kier molecular flexibility index (Phi) is 3.01. The van der Waals surface area contributed by atoms with Gasteiger partial charge in [0.05, 0.1) is 0 Å². The summed E-state index contributed by atoms with van der Waals surface area (Å²) in [6, 6.07) is 0. The fourth-order valence-electron chi connectivity index (χ4n) is 0.759. The van der Waals surface area contributed by atoms with Crippen molar-refractivity contribution in [2.75, 3.05) is 0 Å². The predicted molar refractivity (Wildman–Crippen MR) is 50.2 cm³/mol. The maximum absolute atomic E-state index is 12.2. The van der Waals surface area contributed by atoms with Gasteiger partial charge in [0, 0.05) is 6.21 Å². The van der Waals surface area contributed by atoms with Crippen LogP contribution in [0.15, 0.2) is 15.7 Å². The first-order valence-electron chi connectivity index (χ1n) is 3.03. The van der Waals surface area contributed by atoms with Crippen molar-refractivity contribution in [2.45, 2.75) is 10.1 Å². The number of carbonyl (C=O) groups is 1. The number of carbonyl (C=O) groups excluding carboxylic acids is 1. The minimum Gasteiger partial charge on any atom is -0.292 e. The lowest BCUT2D eigenvalue weighted by molar-refractivity contribution is -0.127. The molecule has 0 unspecified atom stereocenters. The SMILES string of the molecule is O=C1C(C(F)(F)F)=C(Cl)N=C[C@@H]1I. The number of Topliss-reactive ketones (excluding diaryl/α,β-unsaturated/α-hetero) is 1. The zero-order valence-electron chi connectivity index (χ0n) is 5.90. The Morgan fingerprint density at radius 3 is 2.46 bits per heavy atom. The third kappa shape index (κ3) is 2.22. The zero-order chi connectivity index (χ0) is 10.2. The van der Waals surface area contributed by atoms with Gasteiger partial charge in [-0.1, -0.05) is 34.2 Å². The minimum absolute atomic E-state index is 0.787. The number of aliphatic imine (C=N–C) groups is 1. The van der Waals surface area contributed by atoms with Crippen molar-refractivity contribution in [3.8, 4) is 0 Å². The number of allylic oxidation sites excluding steroid dienone is 1. The van der Waals surface area contributed by atoms with Gasteiger partial charge in [0.15, 0.2) is 5.78 Å². The summed E-state index contributed by atoms with van der Waals surface area (Å²) < 4.78 is 35.6. The third-order valence-corrected chi connectivity index (χ3v) is 2.48. The molecule has 0 saturated carbocycles. The van der Waals surface area contributed by atoms with Crippen molar-refractivity contribution in [1.82, 2.24) is 0 Å². The van der Waals surface area contributed by atoms with Gasteiger partial charge >= 0.3 is 6.18 Å². The number of rotatable bonds is 0. The lowest BCUT2D eigenvalue weighted by atomic mass is 10.1. The molecule has 0 amide bonds. The van der Waals surface area contributed by atoms with Crippen LogP contribution in [0.3, 0.4) is 0 Å². The Balaban J connectivity index is 3.18. The molecule has 13 heavy (non-hydrogen) atoms. The summed E-state index contributed by atoms with van der Waals surface area (Å²) in [5, 5.41) is -0.787. The highest BCUT2D eigenvalue weighted by molar-refractivity contribution is 14.1. The molecular formula is C6H2ClF3INO. The smallest absolute Gasteiger partial charge is 0.292 e. The van der Waals surface area contributed by atoms with Crippen LogP contribution in [0.4, 0.5) is 13.2 Å². The van der Waals surface area contributed by atoms with Crippen molar-refractivity contribution in [3.63, 3.8) is 0 Å². The van der Waals surface area contributed by atoms with E-state index in [-0.39, 0.29) is 0 Å². The van der Waals surface area contributed by atoms with Crippen molar-refractivity contribution in [2.24, 2.45) is 4.99 Å². The molecule has 0 aromatic heterocycles. The first-order valence-corrected chi connectivity index (χ1v) is 4.66. The Morgan fingerprint density at radius 1 is 1.54 bits per heavy atom. The molecule has 0 radical (unpaired) electrons. The molecule has 0 fully saturated rings. The molecule has 7 heteroatoms. The summed E-state index contributed by atoms with van der Waals surface area (Å²) in [6.45, 7) is 0. The topological polar surface area (TPSA) is 29.4 Å². The van der Waals surface area contributed by atoms with Gasteiger partial charge in [-0.3, -0.25) is 4.79 Å². The van der Waals surface area contributed by atoms with E-state index in [1.165, 1.54) is 0 Å². The van der Waals surface area contributed by atoms with Crippen LogP contribution in [-0.2, 0) is 4.79 Å². The monoisotopic (exact) mass is 323 g/mol. The molecule has 1 heterocycles. The highest BCUT2D eigenvalue weighted by Crippen LogP contribution is 2.34. The van der Waals surface area contributed by atoms with E-state index in [0.717, 1.165) is 6.21 Å². The Hall–Kier alpha value is -0.110. The predicted octanol–water partition coefficient (Wildman–Crippen LogP) is 2.46. The quantitative estimate of drug-likeness (QED) is 0.382. The lowest BCUT2D eigenvalue weighted by Crippen LogP contribution is -2.30. The Bertz CT molecular complexity index is 309. The molecule has 72 valence electrons. The molecule has 0 saturated heterocycles.